The molecule has 7 nitrogen and oxygen atoms in total. The number of rotatable bonds is 9. The number of ether oxygens (including phenoxy) is 1. The lowest BCUT2D eigenvalue weighted by Gasteiger charge is -2.11. The number of hydrogen-bond donors (Lipinski definition) is 1. The third-order valence-electron chi connectivity index (χ3n) is 4.91. The first-order chi connectivity index (χ1) is 16.6. The summed E-state index contributed by atoms with van der Waals surface area (Å²) in [6, 6.07) is 26.6. The highest BCUT2D eigenvalue weighted by Crippen LogP contribution is 2.24. The molecule has 34 heavy (non-hydrogen) atoms. The molecule has 1 amide bonds. The van der Waals surface area contributed by atoms with E-state index in [-0.39, 0.29) is 11.7 Å². The Morgan fingerprint density at radius 1 is 0.941 bits per heavy atom. The highest BCUT2D eigenvalue weighted by atomic mass is 32.2. The Labute approximate surface area is 202 Å². The molecule has 0 spiro atoms. The van der Waals surface area contributed by atoms with Crippen LogP contribution in [0.2, 0.25) is 0 Å². The highest BCUT2D eigenvalue weighted by molar-refractivity contribution is 7.99. The Morgan fingerprint density at radius 3 is 2.41 bits per heavy atom. The summed E-state index contributed by atoms with van der Waals surface area (Å²) in [6.07, 6.45) is 0.621. The summed E-state index contributed by atoms with van der Waals surface area (Å²) in [5.41, 5.74) is 2.98. The fourth-order valence-electron chi connectivity index (χ4n) is 3.39. The lowest BCUT2D eigenvalue weighted by atomic mass is 10.1. The molecule has 0 aliphatic rings. The smallest absolute Gasteiger partial charge is 0.338 e. The molecule has 0 saturated carbocycles. The van der Waals surface area contributed by atoms with E-state index in [1.807, 2.05) is 53.1 Å². The molecule has 0 bridgehead atoms. The summed E-state index contributed by atoms with van der Waals surface area (Å²) >= 11 is 1.30. The number of carbonyl (C=O) groups is 2. The zero-order valence-corrected chi connectivity index (χ0v) is 19.5. The number of thioether (sulfide) groups is 1. The maximum Gasteiger partial charge on any atom is 0.338 e. The molecule has 0 radical (unpaired) electrons. The molecule has 4 rings (SSSR count). The molecule has 1 N–H and O–H groups in total. The number of para-hydroxylation sites is 1. The minimum absolute atomic E-state index is 0.139. The van der Waals surface area contributed by atoms with Crippen molar-refractivity contribution >= 4 is 29.3 Å². The van der Waals surface area contributed by atoms with Crippen molar-refractivity contribution in [2.24, 2.45) is 0 Å². The first-order valence-electron chi connectivity index (χ1n) is 10.9. The van der Waals surface area contributed by atoms with Crippen LogP contribution < -0.4 is 5.32 Å². The molecule has 3 aromatic carbocycles. The molecule has 1 aromatic heterocycles. The Hall–Kier alpha value is -3.91. The van der Waals surface area contributed by atoms with Gasteiger partial charge < -0.3 is 10.1 Å². The fraction of sp³-hybridized carbons (Fsp3) is 0.154. The molecule has 8 heteroatoms. The van der Waals surface area contributed by atoms with Crippen molar-refractivity contribution in [3.63, 3.8) is 0 Å². The van der Waals surface area contributed by atoms with Crippen LogP contribution in [0.5, 0.6) is 0 Å². The van der Waals surface area contributed by atoms with Gasteiger partial charge in [-0.2, -0.15) is 0 Å². The second-order valence-corrected chi connectivity index (χ2v) is 8.31. The molecule has 4 aromatic rings. The number of hydrogen-bond acceptors (Lipinski definition) is 6. The van der Waals surface area contributed by atoms with E-state index in [1.54, 1.807) is 31.2 Å². The summed E-state index contributed by atoms with van der Waals surface area (Å²) in [7, 11) is 0. The van der Waals surface area contributed by atoms with Crippen LogP contribution in [0.15, 0.2) is 90.1 Å². The van der Waals surface area contributed by atoms with E-state index in [1.165, 1.54) is 11.8 Å². The van der Waals surface area contributed by atoms with Crippen molar-refractivity contribution in [1.82, 2.24) is 14.8 Å². The molecule has 0 fully saturated rings. The summed E-state index contributed by atoms with van der Waals surface area (Å²) in [4.78, 5) is 24.6. The van der Waals surface area contributed by atoms with Gasteiger partial charge in [-0.15, -0.1) is 10.2 Å². The zero-order chi connectivity index (χ0) is 23.8. The van der Waals surface area contributed by atoms with E-state index in [9.17, 15) is 9.59 Å². The molecule has 1 heterocycles. The van der Waals surface area contributed by atoms with Gasteiger partial charge in [0.1, 0.15) is 5.82 Å². The Kier molecular flexibility index (Phi) is 7.72. The quantitative estimate of drug-likeness (QED) is 0.279. The lowest BCUT2D eigenvalue weighted by Crippen LogP contribution is -2.15. The van der Waals surface area contributed by atoms with Crippen molar-refractivity contribution in [1.29, 1.82) is 0 Å². The van der Waals surface area contributed by atoms with Crippen molar-refractivity contribution in [3.05, 3.63) is 102 Å². The van der Waals surface area contributed by atoms with Gasteiger partial charge in [-0.1, -0.05) is 66.4 Å². The normalized spacial score (nSPS) is 10.6. The van der Waals surface area contributed by atoms with Crippen molar-refractivity contribution in [2.75, 3.05) is 17.7 Å². The molecule has 172 valence electrons. The first-order valence-corrected chi connectivity index (χ1v) is 11.9. The summed E-state index contributed by atoms with van der Waals surface area (Å²) in [6.45, 7) is 2.04. The predicted molar refractivity (Wildman–Crippen MR) is 132 cm³/mol. The molecular weight excluding hydrogens is 448 g/mol. The standard InChI is InChI=1S/C26H24N4O3S/c1-2-33-25(32)20-12-9-13-21(17-20)27-24(31)18-34-26-29-28-23(16-19-10-5-3-6-11-19)30(26)22-14-7-4-8-15-22/h3-15,17H,2,16,18H2,1H3,(H,27,31). The third kappa shape index (κ3) is 5.90. The van der Waals surface area contributed by atoms with Gasteiger partial charge in [0.05, 0.1) is 17.9 Å². The SMILES string of the molecule is CCOC(=O)c1cccc(NC(=O)CSc2nnc(Cc3ccccc3)n2-c2ccccc2)c1. The monoisotopic (exact) mass is 472 g/mol. The topological polar surface area (TPSA) is 86.1 Å². The summed E-state index contributed by atoms with van der Waals surface area (Å²) in [5.74, 6) is 0.301. The van der Waals surface area contributed by atoms with Crippen molar-refractivity contribution in [3.8, 4) is 5.69 Å². The fourth-order valence-corrected chi connectivity index (χ4v) is 4.16. The first kappa shape index (κ1) is 23.3. The van der Waals surface area contributed by atoms with Gasteiger partial charge in [0.25, 0.3) is 0 Å². The predicted octanol–water partition coefficient (Wildman–Crippen LogP) is 4.77. The van der Waals surface area contributed by atoms with Gasteiger partial charge in [-0.25, -0.2) is 4.79 Å². The molecule has 0 aliphatic heterocycles. The number of aromatic nitrogens is 3. The number of nitrogens with zero attached hydrogens (tertiary/aromatic N) is 3. The number of nitrogens with one attached hydrogen (secondary N) is 1. The van der Waals surface area contributed by atoms with Crippen LogP contribution in [-0.4, -0.2) is 39.0 Å². The Balaban J connectivity index is 1.48. The molecule has 0 aliphatic carbocycles. The number of esters is 1. The van der Waals surface area contributed by atoms with E-state index in [4.69, 9.17) is 4.74 Å². The molecule has 0 atom stereocenters. The van der Waals surface area contributed by atoms with E-state index in [0.29, 0.717) is 29.4 Å². The van der Waals surface area contributed by atoms with Crippen LogP contribution in [0, 0.1) is 0 Å². The van der Waals surface area contributed by atoms with Crippen LogP contribution in [0.4, 0.5) is 5.69 Å². The second-order valence-electron chi connectivity index (χ2n) is 7.37. The van der Waals surface area contributed by atoms with Gasteiger partial charge in [0.15, 0.2) is 5.16 Å². The average Bonchev–Trinajstić information content (AvgIpc) is 3.26. The Morgan fingerprint density at radius 2 is 1.68 bits per heavy atom. The molecule has 0 saturated heterocycles. The lowest BCUT2D eigenvalue weighted by molar-refractivity contribution is -0.113. The van der Waals surface area contributed by atoms with Crippen molar-refractivity contribution < 1.29 is 14.3 Å². The van der Waals surface area contributed by atoms with Crippen LogP contribution in [-0.2, 0) is 16.0 Å². The van der Waals surface area contributed by atoms with Gasteiger partial charge in [0.2, 0.25) is 5.91 Å². The summed E-state index contributed by atoms with van der Waals surface area (Å²) < 4.78 is 7.00. The number of benzene rings is 3. The third-order valence-corrected chi connectivity index (χ3v) is 5.84. The van der Waals surface area contributed by atoms with Crippen LogP contribution in [0.3, 0.4) is 0 Å². The summed E-state index contributed by atoms with van der Waals surface area (Å²) in [5, 5.41) is 12.2. The minimum atomic E-state index is -0.421. The molecular formula is C26H24N4O3S. The van der Waals surface area contributed by atoms with E-state index >= 15 is 0 Å². The average molecular weight is 473 g/mol. The zero-order valence-electron chi connectivity index (χ0n) is 18.7. The maximum atomic E-state index is 12.6. The number of anilines is 1. The Bertz CT molecular complexity index is 1260. The van der Waals surface area contributed by atoms with Gasteiger partial charge in [0, 0.05) is 17.8 Å². The van der Waals surface area contributed by atoms with E-state index in [2.05, 4.69) is 27.6 Å². The highest BCUT2D eigenvalue weighted by Gasteiger charge is 2.16. The van der Waals surface area contributed by atoms with E-state index < -0.39 is 5.97 Å². The van der Waals surface area contributed by atoms with Crippen molar-refractivity contribution in [2.45, 2.75) is 18.5 Å². The molecule has 0 unspecified atom stereocenters. The maximum absolute atomic E-state index is 12.6. The second kappa shape index (κ2) is 11.3. The van der Waals surface area contributed by atoms with E-state index in [0.717, 1.165) is 17.1 Å². The van der Waals surface area contributed by atoms with Crippen LogP contribution >= 0.6 is 11.8 Å². The minimum Gasteiger partial charge on any atom is -0.462 e. The van der Waals surface area contributed by atoms with Crippen LogP contribution in [0.1, 0.15) is 28.7 Å². The van der Waals surface area contributed by atoms with Gasteiger partial charge >= 0.3 is 5.97 Å². The van der Waals surface area contributed by atoms with Gasteiger partial charge in [-0.05, 0) is 42.8 Å². The number of carbonyl (C=O) groups excluding carboxylic acids is 2. The number of amides is 1. The van der Waals surface area contributed by atoms with Crippen LogP contribution in [0.25, 0.3) is 5.69 Å². The largest absolute Gasteiger partial charge is 0.462 e. The van der Waals surface area contributed by atoms with Gasteiger partial charge in [-0.3, -0.25) is 9.36 Å².